The molecule has 2 aromatic carbocycles. The fourth-order valence-corrected chi connectivity index (χ4v) is 4.87. The molecule has 188 valence electrons. The van der Waals surface area contributed by atoms with Crippen LogP contribution in [0.4, 0.5) is 0 Å². The SMILES string of the molecule is CN(C(=O)COc1ccc2ccccc2c1)[C@H]1CCCC[C@H]1N1CCCC1.O=C(O)/C=C/C(=O)O. The van der Waals surface area contributed by atoms with Gasteiger partial charge in [0.15, 0.2) is 6.61 Å². The van der Waals surface area contributed by atoms with Crippen molar-refractivity contribution in [2.75, 3.05) is 26.7 Å². The lowest BCUT2D eigenvalue weighted by Crippen LogP contribution is -2.53. The summed E-state index contributed by atoms with van der Waals surface area (Å²) in [6, 6.07) is 15.1. The van der Waals surface area contributed by atoms with Crippen molar-refractivity contribution in [1.82, 2.24) is 9.80 Å². The van der Waals surface area contributed by atoms with Gasteiger partial charge < -0.3 is 19.8 Å². The number of amides is 1. The van der Waals surface area contributed by atoms with Gasteiger partial charge in [0.05, 0.1) is 0 Å². The Kier molecular flexibility index (Phi) is 9.66. The normalized spacial score (nSPS) is 20.3. The molecule has 2 atom stereocenters. The maximum atomic E-state index is 12.8. The monoisotopic (exact) mass is 482 g/mol. The van der Waals surface area contributed by atoms with Crippen molar-refractivity contribution in [3.63, 3.8) is 0 Å². The predicted octanol–water partition coefficient (Wildman–Crippen LogP) is 3.80. The molecule has 2 N–H and O–H groups in total. The average Bonchev–Trinajstić information content (AvgIpc) is 3.41. The number of hydrogen-bond acceptors (Lipinski definition) is 5. The Morgan fingerprint density at radius 1 is 0.943 bits per heavy atom. The molecule has 35 heavy (non-hydrogen) atoms. The van der Waals surface area contributed by atoms with E-state index >= 15 is 0 Å². The second-order valence-corrected chi connectivity index (χ2v) is 8.97. The highest BCUT2D eigenvalue weighted by molar-refractivity contribution is 5.89. The summed E-state index contributed by atoms with van der Waals surface area (Å²) in [6.45, 7) is 2.49. The van der Waals surface area contributed by atoms with E-state index in [2.05, 4.69) is 17.0 Å². The van der Waals surface area contributed by atoms with Gasteiger partial charge >= 0.3 is 11.9 Å². The van der Waals surface area contributed by atoms with Crippen molar-refractivity contribution < 1.29 is 29.3 Å². The van der Waals surface area contributed by atoms with Gasteiger partial charge in [-0.05, 0) is 61.7 Å². The summed E-state index contributed by atoms with van der Waals surface area (Å²) in [7, 11) is 1.96. The molecule has 1 saturated heterocycles. The molecule has 0 spiro atoms. The third-order valence-corrected chi connectivity index (χ3v) is 6.65. The number of fused-ring (bicyclic) bond motifs is 1. The molecule has 1 aliphatic heterocycles. The van der Waals surface area contributed by atoms with Crippen LogP contribution < -0.4 is 4.74 Å². The van der Waals surface area contributed by atoms with E-state index in [1.54, 1.807) is 0 Å². The predicted molar refractivity (Wildman–Crippen MR) is 133 cm³/mol. The number of carbonyl (C=O) groups excluding carboxylic acids is 1. The van der Waals surface area contributed by atoms with Crippen molar-refractivity contribution in [2.45, 2.75) is 50.6 Å². The van der Waals surface area contributed by atoms with E-state index in [-0.39, 0.29) is 12.5 Å². The summed E-state index contributed by atoms with van der Waals surface area (Å²) in [5, 5.41) is 17.9. The second kappa shape index (κ2) is 12.9. The highest BCUT2D eigenvalue weighted by atomic mass is 16.5. The molecular formula is C27H34N2O6. The van der Waals surface area contributed by atoms with Gasteiger partial charge in [0.1, 0.15) is 5.75 Å². The molecule has 1 heterocycles. The lowest BCUT2D eigenvalue weighted by atomic mass is 9.88. The van der Waals surface area contributed by atoms with Gasteiger partial charge in [0, 0.05) is 31.3 Å². The van der Waals surface area contributed by atoms with E-state index in [0.29, 0.717) is 24.2 Å². The van der Waals surface area contributed by atoms with Crippen LogP contribution in [0.25, 0.3) is 10.8 Å². The zero-order valence-electron chi connectivity index (χ0n) is 20.1. The first kappa shape index (κ1) is 26.2. The van der Waals surface area contributed by atoms with Crippen LogP contribution in [0.3, 0.4) is 0 Å². The molecule has 1 amide bonds. The van der Waals surface area contributed by atoms with E-state index in [9.17, 15) is 14.4 Å². The number of hydrogen-bond donors (Lipinski definition) is 2. The van der Waals surface area contributed by atoms with Gasteiger partial charge in [-0.1, -0.05) is 43.2 Å². The molecule has 0 bridgehead atoms. The van der Waals surface area contributed by atoms with E-state index in [1.165, 1.54) is 50.6 Å². The zero-order chi connectivity index (χ0) is 25.2. The molecule has 1 aliphatic carbocycles. The van der Waals surface area contributed by atoms with Crippen LogP contribution >= 0.6 is 0 Å². The molecule has 2 aromatic rings. The largest absolute Gasteiger partial charge is 0.484 e. The number of carboxylic acid groups (broad SMARTS) is 2. The fourth-order valence-electron chi connectivity index (χ4n) is 4.87. The third-order valence-electron chi connectivity index (χ3n) is 6.65. The van der Waals surface area contributed by atoms with Crippen molar-refractivity contribution in [1.29, 1.82) is 0 Å². The smallest absolute Gasteiger partial charge is 0.328 e. The number of carbonyl (C=O) groups is 3. The summed E-state index contributed by atoms with van der Waals surface area (Å²) >= 11 is 0. The molecule has 0 unspecified atom stereocenters. The van der Waals surface area contributed by atoms with E-state index in [1.807, 2.05) is 42.3 Å². The highest BCUT2D eigenvalue weighted by Gasteiger charge is 2.35. The van der Waals surface area contributed by atoms with Crippen LogP contribution in [-0.2, 0) is 14.4 Å². The fraction of sp³-hybridized carbons (Fsp3) is 0.444. The number of ether oxygens (including phenoxy) is 1. The third kappa shape index (κ3) is 7.82. The number of rotatable bonds is 7. The van der Waals surface area contributed by atoms with E-state index in [4.69, 9.17) is 14.9 Å². The maximum Gasteiger partial charge on any atom is 0.328 e. The minimum Gasteiger partial charge on any atom is -0.484 e. The summed E-state index contributed by atoms with van der Waals surface area (Å²) in [4.78, 5) is 36.5. The quantitative estimate of drug-likeness (QED) is 0.578. The van der Waals surface area contributed by atoms with Crippen molar-refractivity contribution in [3.8, 4) is 5.75 Å². The molecule has 1 saturated carbocycles. The van der Waals surface area contributed by atoms with Crippen LogP contribution in [0.5, 0.6) is 5.75 Å². The molecule has 8 nitrogen and oxygen atoms in total. The van der Waals surface area contributed by atoms with Crippen LogP contribution in [0, 0.1) is 0 Å². The molecule has 4 rings (SSSR count). The average molecular weight is 483 g/mol. The molecule has 2 aliphatic rings. The topological polar surface area (TPSA) is 107 Å². The molecule has 0 aromatic heterocycles. The first-order chi connectivity index (χ1) is 16.8. The summed E-state index contributed by atoms with van der Waals surface area (Å²) < 4.78 is 5.84. The standard InChI is InChI=1S/C23H30N2O2.C4H4O4/c1-24(21-10-4-5-11-22(21)25-14-6-7-15-25)23(26)17-27-20-13-12-18-8-2-3-9-19(18)16-20;5-3(6)1-2-4(7)8/h2-3,8-9,12-13,16,21-22H,4-7,10-11,14-15,17H2,1H3;1-2H,(H,5,6)(H,7,8)/b;2-1+/t21-,22+;/m0./s1. The number of likely N-dealkylation sites (N-methyl/N-ethyl adjacent to an activating group) is 1. The Balaban J connectivity index is 0.000000371. The van der Waals surface area contributed by atoms with Gasteiger partial charge in [0.2, 0.25) is 0 Å². The van der Waals surface area contributed by atoms with Crippen LogP contribution in [0.15, 0.2) is 54.6 Å². The van der Waals surface area contributed by atoms with Gasteiger partial charge in [-0.25, -0.2) is 9.59 Å². The maximum absolute atomic E-state index is 12.8. The zero-order valence-corrected chi connectivity index (χ0v) is 20.1. The van der Waals surface area contributed by atoms with Gasteiger partial charge in [-0.3, -0.25) is 9.69 Å². The van der Waals surface area contributed by atoms with Crippen LogP contribution in [0.1, 0.15) is 38.5 Å². The summed E-state index contributed by atoms with van der Waals surface area (Å²) in [5.74, 6) is -1.67. The van der Waals surface area contributed by atoms with E-state index < -0.39 is 11.9 Å². The van der Waals surface area contributed by atoms with Crippen molar-refractivity contribution >= 4 is 28.6 Å². The number of carboxylic acids is 2. The Labute approximate surface area is 205 Å². The molecule has 2 fully saturated rings. The summed E-state index contributed by atoms with van der Waals surface area (Å²) in [5.41, 5.74) is 0. The Bertz CT molecular complexity index is 1030. The number of benzene rings is 2. The summed E-state index contributed by atoms with van der Waals surface area (Å²) in [6.07, 6.45) is 8.54. The number of nitrogens with zero attached hydrogens (tertiary/aromatic N) is 2. The van der Waals surface area contributed by atoms with Crippen LogP contribution in [0.2, 0.25) is 0 Å². The Morgan fingerprint density at radius 2 is 1.57 bits per heavy atom. The molecular weight excluding hydrogens is 448 g/mol. The Hall–Kier alpha value is -3.39. The minimum absolute atomic E-state index is 0.0826. The number of likely N-dealkylation sites (tertiary alicyclic amines) is 1. The molecule has 8 heteroatoms. The Morgan fingerprint density at radius 3 is 2.23 bits per heavy atom. The first-order valence-corrected chi connectivity index (χ1v) is 12.1. The molecule has 0 radical (unpaired) electrons. The first-order valence-electron chi connectivity index (χ1n) is 12.1. The minimum atomic E-state index is -1.26. The lowest BCUT2D eigenvalue weighted by Gasteiger charge is -2.42. The second-order valence-electron chi connectivity index (χ2n) is 8.97. The van der Waals surface area contributed by atoms with Crippen LogP contribution in [-0.4, -0.2) is 76.7 Å². The van der Waals surface area contributed by atoms with Crippen molar-refractivity contribution in [2.24, 2.45) is 0 Å². The van der Waals surface area contributed by atoms with Gasteiger partial charge in [-0.15, -0.1) is 0 Å². The highest BCUT2D eigenvalue weighted by Crippen LogP contribution is 2.29. The van der Waals surface area contributed by atoms with E-state index in [0.717, 1.165) is 17.6 Å². The van der Waals surface area contributed by atoms with Gasteiger partial charge in [0.25, 0.3) is 5.91 Å². The van der Waals surface area contributed by atoms with Gasteiger partial charge in [-0.2, -0.15) is 0 Å². The van der Waals surface area contributed by atoms with Crippen molar-refractivity contribution in [3.05, 3.63) is 54.6 Å². The number of aliphatic carboxylic acids is 2. The lowest BCUT2D eigenvalue weighted by molar-refractivity contribution is -0.136.